The van der Waals surface area contributed by atoms with Crippen LogP contribution in [-0.2, 0) is 4.79 Å². The molecule has 0 bridgehead atoms. The van der Waals surface area contributed by atoms with Gasteiger partial charge in [0.05, 0.1) is 5.92 Å². The zero-order chi connectivity index (χ0) is 11.8. The van der Waals surface area contributed by atoms with Crippen LogP contribution in [0, 0.1) is 17.8 Å². The zero-order valence-corrected chi connectivity index (χ0v) is 10.5. The Hall–Kier alpha value is -0.570. The molecule has 0 spiro atoms. The Bertz CT molecular complexity index is 305. The predicted octanol–water partition coefficient (Wildman–Crippen LogP) is 2.36. The van der Waals surface area contributed by atoms with Crippen molar-refractivity contribution in [2.45, 2.75) is 51.0 Å². The van der Waals surface area contributed by atoms with Crippen molar-refractivity contribution in [1.29, 1.82) is 0 Å². The highest BCUT2D eigenvalue weighted by Gasteiger charge is 2.43. The van der Waals surface area contributed by atoms with Crippen LogP contribution in [0.15, 0.2) is 0 Å². The van der Waals surface area contributed by atoms with Crippen molar-refractivity contribution in [3.05, 3.63) is 0 Å². The van der Waals surface area contributed by atoms with Crippen LogP contribution in [0.4, 0.5) is 0 Å². The summed E-state index contributed by atoms with van der Waals surface area (Å²) < 4.78 is 0. The molecule has 3 heteroatoms. The molecule has 17 heavy (non-hydrogen) atoms. The van der Waals surface area contributed by atoms with E-state index < -0.39 is 5.97 Å². The number of rotatable bonds is 2. The first-order valence-electron chi connectivity index (χ1n) is 7.22. The molecule has 0 radical (unpaired) electrons. The van der Waals surface area contributed by atoms with Crippen molar-refractivity contribution >= 4 is 5.97 Å². The topological polar surface area (TPSA) is 40.5 Å². The number of carboxylic acids is 1. The summed E-state index contributed by atoms with van der Waals surface area (Å²) in [5.74, 6) is 1.16. The van der Waals surface area contributed by atoms with Crippen LogP contribution in [0.25, 0.3) is 0 Å². The molecule has 2 saturated carbocycles. The highest BCUT2D eigenvalue weighted by Crippen LogP contribution is 2.40. The Kier molecular flexibility index (Phi) is 3.12. The lowest BCUT2D eigenvalue weighted by Crippen LogP contribution is -2.55. The van der Waals surface area contributed by atoms with E-state index in [2.05, 4.69) is 4.90 Å². The van der Waals surface area contributed by atoms with Gasteiger partial charge in [-0.1, -0.05) is 19.3 Å². The number of likely N-dealkylation sites (tertiary alicyclic amines) is 1. The fourth-order valence-electron chi connectivity index (χ4n) is 4.14. The maximum atomic E-state index is 11.1. The van der Waals surface area contributed by atoms with Gasteiger partial charge in [0.1, 0.15) is 0 Å². The first-order valence-corrected chi connectivity index (χ1v) is 7.22. The minimum Gasteiger partial charge on any atom is -0.481 e. The first-order chi connectivity index (χ1) is 8.25. The van der Waals surface area contributed by atoms with Gasteiger partial charge in [-0.2, -0.15) is 0 Å². The third-order valence-corrected chi connectivity index (χ3v) is 5.35. The van der Waals surface area contributed by atoms with Gasteiger partial charge in [0.25, 0.3) is 0 Å². The van der Waals surface area contributed by atoms with E-state index >= 15 is 0 Å². The number of carboxylic acid groups (broad SMARTS) is 1. The van der Waals surface area contributed by atoms with Crippen LogP contribution < -0.4 is 0 Å². The average Bonchev–Trinajstić information content (AvgIpc) is 2.26. The summed E-state index contributed by atoms with van der Waals surface area (Å²) >= 11 is 0. The average molecular weight is 237 g/mol. The molecule has 4 unspecified atom stereocenters. The van der Waals surface area contributed by atoms with E-state index in [4.69, 9.17) is 5.11 Å². The number of fused-ring (bicyclic) bond motifs is 1. The Labute approximate surface area is 103 Å². The highest BCUT2D eigenvalue weighted by molar-refractivity contribution is 5.72. The molecule has 0 aromatic carbocycles. The van der Waals surface area contributed by atoms with E-state index in [0.717, 1.165) is 31.2 Å². The minimum atomic E-state index is -0.577. The van der Waals surface area contributed by atoms with E-state index in [9.17, 15) is 4.79 Å². The van der Waals surface area contributed by atoms with Crippen LogP contribution in [0.2, 0.25) is 0 Å². The first kappa shape index (κ1) is 11.5. The highest BCUT2D eigenvalue weighted by atomic mass is 16.4. The quantitative estimate of drug-likeness (QED) is 0.801. The third-order valence-electron chi connectivity index (χ3n) is 5.35. The van der Waals surface area contributed by atoms with E-state index in [-0.39, 0.29) is 5.92 Å². The lowest BCUT2D eigenvalue weighted by atomic mass is 9.72. The monoisotopic (exact) mass is 237 g/mol. The van der Waals surface area contributed by atoms with Crippen LogP contribution in [0.3, 0.4) is 0 Å². The Balaban J connectivity index is 1.60. The molecule has 0 aromatic heterocycles. The van der Waals surface area contributed by atoms with Crippen molar-refractivity contribution in [3.63, 3.8) is 0 Å². The van der Waals surface area contributed by atoms with Crippen LogP contribution in [0.1, 0.15) is 44.9 Å². The van der Waals surface area contributed by atoms with Crippen LogP contribution in [0.5, 0.6) is 0 Å². The fourth-order valence-corrected chi connectivity index (χ4v) is 4.14. The summed E-state index contributed by atoms with van der Waals surface area (Å²) in [6, 6.07) is 0.357. The van der Waals surface area contributed by atoms with Gasteiger partial charge in [-0.3, -0.25) is 9.69 Å². The fraction of sp³-hybridized carbons (Fsp3) is 0.929. The molecule has 1 saturated heterocycles. The molecule has 1 heterocycles. The molecule has 0 aromatic rings. The second-order valence-electron chi connectivity index (χ2n) is 6.18. The van der Waals surface area contributed by atoms with Gasteiger partial charge in [-0.15, -0.1) is 0 Å². The lowest BCUT2D eigenvalue weighted by Gasteiger charge is -2.49. The van der Waals surface area contributed by atoms with Crippen molar-refractivity contribution in [2.75, 3.05) is 13.1 Å². The van der Waals surface area contributed by atoms with Crippen LogP contribution in [-0.4, -0.2) is 35.1 Å². The van der Waals surface area contributed by atoms with E-state index in [0.29, 0.717) is 6.04 Å². The molecule has 3 rings (SSSR count). The van der Waals surface area contributed by atoms with E-state index in [1.165, 1.54) is 38.6 Å². The predicted molar refractivity (Wildman–Crippen MR) is 65.8 cm³/mol. The smallest absolute Gasteiger partial charge is 0.308 e. The summed E-state index contributed by atoms with van der Waals surface area (Å²) in [7, 11) is 0. The molecule has 0 amide bonds. The minimum absolute atomic E-state index is 0.0739. The number of carbonyl (C=O) groups is 1. The largest absolute Gasteiger partial charge is 0.481 e. The van der Waals surface area contributed by atoms with Gasteiger partial charge in [-0.25, -0.2) is 0 Å². The van der Waals surface area contributed by atoms with Crippen molar-refractivity contribution in [2.24, 2.45) is 17.8 Å². The Morgan fingerprint density at radius 3 is 2.41 bits per heavy atom. The summed E-state index contributed by atoms with van der Waals surface area (Å²) in [6.07, 6.45) is 8.92. The van der Waals surface area contributed by atoms with E-state index in [1.54, 1.807) is 0 Å². The molecular weight excluding hydrogens is 214 g/mol. The molecule has 1 aliphatic heterocycles. The molecule has 3 nitrogen and oxygen atoms in total. The normalized spacial score (nSPS) is 42.6. The molecule has 1 N–H and O–H groups in total. The van der Waals surface area contributed by atoms with Crippen molar-refractivity contribution in [3.8, 4) is 0 Å². The number of nitrogens with zero attached hydrogens (tertiary/aromatic N) is 1. The van der Waals surface area contributed by atoms with Gasteiger partial charge < -0.3 is 5.11 Å². The summed E-state index contributed by atoms with van der Waals surface area (Å²) in [6.45, 7) is 2.33. The van der Waals surface area contributed by atoms with Crippen molar-refractivity contribution < 1.29 is 9.90 Å². The molecule has 4 atom stereocenters. The molecule has 96 valence electrons. The number of hydrogen-bond acceptors (Lipinski definition) is 2. The number of hydrogen-bond donors (Lipinski definition) is 1. The molecule has 3 aliphatic rings. The summed E-state index contributed by atoms with van der Waals surface area (Å²) in [5.41, 5.74) is 0. The SMILES string of the molecule is O=C(O)C1CCC1N1CCC2CCCCC2C1. The van der Waals surface area contributed by atoms with Gasteiger partial charge in [0, 0.05) is 12.6 Å². The second kappa shape index (κ2) is 4.60. The maximum absolute atomic E-state index is 11.1. The van der Waals surface area contributed by atoms with Gasteiger partial charge >= 0.3 is 5.97 Å². The molecule has 2 aliphatic carbocycles. The third kappa shape index (κ3) is 2.10. The van der Waals surface area contributed by atoms with E-state index in [1.807, 2.05) is 0 Å². The van der Waals surface area contributed by atoms with Crippen LogP contribution >= 0.6 is 0 Å². The number of piperidine rings is 1. The van der Waals surface area contributed by atoms with Crippen molar-refractivity contribution in [1.82, 2.24) is 4.90 Å². The Morgan fingerprint density at radius 1 is 1.00 bits per heavy atom. The Morgan fingerprint density at radius 2 is 1.76 bits per heavy atom. The second-order valence-corrected chi connectivity index (χ2v) is 6.18. The van der Waals surface area contributed by atoms with Gasteiger partial charge in [-0.05, 0) is 44.1 Å². The number of aliphatic carboxylic acids is 1. The lowest BCUT2D eigenvalue weighted by molar-refractivity contribution is -0.150. The molecule has 3 fully saturated rings. The summed E-state index contributed by atoms with van der Waals surface area (Å²) in [5, 5.41) is 9.14. The van der Waals surface area contributed by atoms with Gasteiger partial charge in [0.15, 0.2) is 0 Å². The standard InChI is InChI=1S/C14H23NO2/c16-14(17)12-5-6-13(12)15-8-7-10-3-1-2-4-11(10)9-15/h10-13H,1-9H2,(H,16,17). The maximum Gasteiger partial charge on any atom is 0.308 e. The van der Waals surface area contributed by atoms with Gasteiger partial charge in [0.2, 0.25) is 0 Å². The zero-order valence-electron chi connectivity index (χ0n) is 10.5. The summed E-state index contributed by atoms with van der Waals surface area (Å²) in [4.78, 5) is 13.6. The molecular formula is C14H23NO2.